The van der Waals surface area contributed by atoms with Crippen LogP contribution in [0.25, 0.3) is 0 Å². The van der Waals surface area contributed by atoms with E-state index in [1.807, 2.05) is 31.7 Å². The van der Waals surface area contributed by atoms with Crippen LogP contribution in [0.4, 0.5) is 14.9 Å². The Kier molecular flexibility index (Phi) is 3.62. The molecule has 4 nitrogen and oxygen atoms in total. The van der Waals surface area contributed by atoms with Gasteiger partial charge in [-0.15, -0.1) is 0 Å². The fourth-order valence-electron chi connectivity index (χ4n) is 3.09. The van der Waals surface area contributed by atoms with Crippen LogP contribution in [0, 0.1) is 11.2 Å². The number of amides is 1. The van der Waals surface area contributed by atoms with Crippen LogP contribution in [0.15, 0.2) is 22.7 Å². The zero-order chi connectivity index (χ0) is 16.1. The second-order valence-corrected chi connectivity index (χ2v) is 8.20. The third-order valence-corrected chi connectivity index (χ3v) is 4.50. The second-order valence-electron chi connectivity index (χ2n) is 7.29. The van der Waals surface area contributed by atoms with E-state index in [0.717, 1.165) is 17.6 Å². The number of ether oxygens (including phenoxy) is 1. The summed E-state index contributed by atoms with van der Waals surface area (Å²) in [5.74, 6) is -0.215. The highest BCUT2D eigenvalue weighted by Crippen LogP contribution is 2.43. The quantitative estimate of drug-likeness (QED) is 0.756. The van der Waals surface area contributed by atoms with E-state index >= 15 is 0 Å². The number of hydrogen-bond acceptors (Lipinski definition) is 3. The number of carbonyl (C=O) groups is 1. The summed E-state index contributed by atoms with van der Waals surface area (Å²) in [4.78, 5) is 15.7. The first-order chi connectivity index (χ1) is 10.2. The van der Waals surface area contributed by atoms with Crippen molar-refractivity contribution >= 4 is 27.7 Å². The van der Waals surface area contributed by atoms with Gasteiger partial charge in [0.25, 0.3) is 0 Å². The van der Waals surface area contributed by atoms with Gasteiger partial charge in [-0.1, -0.05) is 15.9 Å². The lowest BCUT2D eigenvalue weighted by molar-refractivity contribution is -0.0454. The maximum Gasteiger partial charge on any atom is 0.410 e. The molecule has 0 radical (unpaired) electrons. The number of nitrogens with zero attached hydrogens (tertiary/aromatic N) is 2. The van der Waals surface area contributed by atoms with Gasteiger partial charge in [-0.05, 0) is 39.0 Å². The van der Waals surface area contributed by atoms with Gasteiger partial charge in [0.2, 0.25) is 0 Å². The molecule has 3 rings (SSSR count). The minimum absolute atomic E-state index is 0.108. The molecule has 2 aliphatic rings. The highest BCUT2D eigenvalue weighted by Gasteiger charge is 2.54. The van der Waals surface area contributed by atoms with Gasteiger partial charge in [-0.2, -0.15) is 0 Å². The molecule has 6 heteroatoms. The van der Waals surface area contributed by atoms with E-state index in [9.17, 15) is 9.18 Å². The predicted octanol–water partition coefficient (Wildman–Crippen LogP) is 3.65. The van der Waals surface area contributed by atoms with Gasteiger partial charge in [0.15, 0.2) is 0 Å². The maximum atomic E-state index is 13.9. The molecule has 2 fully saturated rings. The monoisotopic (exact) mass is 370 g/mol. The van der Waals surface area contributed by atoms with Crippen LogP contribution in [-0.4, -0.2) is 42.8 Å². The lowest BCUT2D eigenvalue weighted by Gasteiger charge is -2.60. The molecule has 0 bridgehead atoms. The predicted molar refractivity (Wildman–Crippen MR) is 86.6 cm³/mol. The molecular weight excluding hydrogens is 351 g/mol. The molecule has 0 atom stereocenters. The summed E-state index contributed by atoms with van der Waals surface area (Å²) >= 11 is 3.26. The topological polar surface area (TPSA) is 32.8 Å². The summed E-state index contributed by atoms with van der Waals surface area (Å²) in [6, 6.07) is 5.11. The molecule has 1 spiro atoms. The lowest BCUT2D eigenvalue weighted by Crippen LogP contribution is -2.73. The Bertz CT molecular complexity index is 601. The van der Waals surface area contributed by atoms with Gasteiger partial charge in [-0.25, -0.2) is 9.18 Å². The lowest BCUT2D eigenvalue weighted by atomic mass is 9.73. The fraction of sp³-hybridized carbons (Fsp3) is 0.562. The first kappa shape index (κ1) is 15.6. The molecule has 2 aliphatic heterocycles. The van der Waals surface area contributed by atoms with E-state index in [0.29, 0.717) is 18.8 Å². The normalized spacial score (nSPS) is 19.7. The summed E-state index contributed by atoms with van der Waals surface area (Å²) in [7, 11) is 0. The minimum Gasteiger partial charge on any atom is -0.444 e. The first-order valence-corrected chi connectivity index (χ1v) is 8.15. The molecule has 0 N–H and O–H groups in total. The molecule has 0 aromatic heterocycles. The van der Waals surface area contributed by atoms with Crippen molar-refractivity contribution in [2.24, 2.45) is 5.41 Å². The molecule has 2 heterocycles. The van der Waals surface area contributed by atoms with Gasteiger partial charge in [0.05, 0.1) is 5.69 Å². The van der Waals surface area contributed by atoms with Crippen LogP contribution in [0.2, 0.25) is 0 Å². The summed E-state index contributed by atoms with van der Waals surface area (Å²) < 4.78 is 20.0. The number of rotatable bonds is 1. The number of carbonyl (C=O) groups excluding carboxylic acids is 1. The van der Waals surface area contributed by atoms with E-state index in [-0.39, 0.29) is 17.3 Å². The third-order valence-electron chi connectivity index (χ3n) is 4.01. The Morgan fingerprint density at radius 1 is 1.27 bits per heavy atom. The van der Waals surface area contributed by atoms with E-state index < -0.39 is 5.60 Å². The van der Waals surface area contributed by atoms with E-state index in [1.165, 1.54) is 6.07 Å². The zero-order valence-electron chi connectivity index (χ0n) is 13.0. The SMILES string of the molecule is CC(C)(C)OC(=O)N1CC2(C1)CN(c1ccc(Br)cc1F)C2. The molecular formula is C16H20BrFN2O2. The molecule has 2 saturated heterocycles. The molecule has 0 unspecified atom stereocenters. The van der Waals surface area contributed by atoms with Crippen LogP contribution >= 0.6 is 15.9 Å². The van der Waals surface area contributed by atoms with E-state index in [4.69, 9.17) is 4.74 Å². The average molecular weight is 371 g/mol. The zero-order valence-corrected chi connectivity index (χ0v) is 14.6. The van der Waals surface area contributed by atoms with Crippen molar-refractivity contribution in [1.29, 1.82) is 0 Å². The molecule has 120 valence electrons. The van der Waals surface area contributed by atoms with Gasteiger partial charge in [0, 0.05) is 36.1 Å². The Labute approximate surface area is 138 Å². The summed E-state index contributed by atoms with van der Waals surface area (Å²) in [5, 5.41) is 0. The first-order valence-electron chi connectivity index (χ1n) is 7.35. The van der Waals surface area contributed by atoms with Crippen LogP contribution in [0.3, 0.4) is 0 Å². The summed E-state index contributed by atoms with van der Waals surface area (Å²) in [6.07, 6.45) is -0.258. The van der Waals surface area contributed by atoms with Crippen LogP contribution < -0.4 is 4.90 Å². The van der Waals surface area contributed by atoms with E-state index in [1.54, 1.807) is 11.0 Å². The molecule has 0 saturated carbocycles. The second kappa shape index (κ2) is 5.11. The van der Waals surface area contributed by atoms with Crippen LogP contribution in [0.1, 0.15) is 20.8 Å². The van der Waals surface area contributed by atoms with Crippen molar-refractivity contribution in [3.05, 3.63) is 28.5 Å². The van der Waals surface area contributed by atoms with Crippen molar-refractivity contribution in [1.82, 2.24) is 4.90 Å². The summed E-state index contributed by atoms with van der Waals surface area (Å²) in [5.41, 5.74) is 0.271. The van der Waals surface area contributed by atoms with Gasteiger partial charge in [0.1, 0.15) is 11.4 Å². The molecule has 22 heavy (non-hydrogen) atoms. The maximum absolute atomic E-state index is 13.9. The minimum atomic E-state index is -0.466. The van der Waals surface area contributed by atoms with E-state index in [2.05, 4.69) is 15.9 Å². The number of benzene rings is 1. The molecule has 1 amide bonds. The van der Waals surface area contributed by atoms with Gasteiger partial charge < -0.3 is 14.5 Å². The average Bonchev–Trinajstić information content (AvgIpc) is 2.25. The summed E-state index contributed by atoms with van der Waals surface area (Å²) in [6.45, 7) is 8.54. The number of hydrogen-bond donors (Lipinski definition) is 0. The Hall–Kier alpha value is -1.30. The van der Waals surface area contributed by atoms with Crippen molar-refractivity contribution in [3.8, 4) is 0 Å². The van der Waals surface area contributed by atoms with Crippen molar-refractivity contribution < 1.29 is 13.9 Å². The van der Waals surface area contributed by atoms with Gasteiger partial charge in [-0.3, -0.25) is 0 Å². The number of anilines is 1. The Morgan fingerprint density at radius 3 is 2.45 bits per heavy atom. The fourth-order valence-corrected chi connectivity index (χ4v) is 3.42. The number of likely N-dealkylation sites (tertiary alicyclic amines) is 1. The third kappa shape index (κ3) is 2.93. The van der Waals surface area contributed by atoms with Crippen molar-refractivity contribution in [2.75, 3.05) is 31.1 Å². The molecule has 1 aromatic rings. The Balaban J connectivity index is 1.54. The highest BCUT2D eigenvalue weighted by atomic mass is 79.9. The smallest absolute Gasteiger partial charge is 0.410 e. The van der Waals surface area contributed by atoms with Crippen molar-refractivity contribution in [2.45, 2.75) is 26.4 Å². The Morgan fingerprint density at radius 2 is 1.91 bits per heavy atom. The van der Waals surface area contributed by atoms with Crippen molar-refractivity contribution in [3.63, 3.8) is 0 Å². The standard InChI is InChI=1S/C16H20BrFN2O2/c1-15(2,3)22-14(21)20-9-16(10-20)7-19(8-16)13-5-4-11(17)6-12(13)18/h4-6H,7-10H2,1-3H3. The molecule has 0 aliphatic carbocycles. The van der Waals surface area contributed by atoms with Gasteiger partial charge >= 0.3 is 6.09 Å². The largest absolute Gasteiger partial charge is 0.444 e. The van der Waals surface area contributed by atoms with Crippen LogP contribution in [0.5, 0.6) is 0 Å². The number of halogens is 2. The highest BCUT2D eigenvalue weighted by molar-refractivity contribution is 9.10. The molecule has 1 aromatic carbocycles. The van der Waals surface area contributed by atoms with Crippen LogP contribution in [-0.2, 0) is 4.74 Å².